The summed E-state index contributed by atoms with van der Waals surface area (Å²) in [5.74, 6) is -0.319. The number of quaternary nitrogens is 1. The Bertz CT molecular complexity index is 578. The quantitative estimate of drug-likeness (QED) is 0.0907. The van der Waals surface area contributed by atoms with Crippen LogP contribution in [0.15, 0.2) is 12.2 Å². The molecule has 0 fully saturated rings. The van der Waals surface area contributed by atoms with E-state index in [1.165, 1.54) is 71.1 Å². The molecule has 3 atom stereocenters. The minimum atomic E-state index is -3.79. The molecule has 0 bridgehead atoms. The number of amides is 1. The molecular formula is C25H52N2O5P+. The molecule has 1 amide bonds. The van der Waals surface area contributed by atoms with E-state index in [1.807, 2.05) is 27.2 Å². The number of allylic oxidation sites excluding steroid dienone is 1. The largest absolute Gasteiger partial charge is 0.387 e. The Morgan fingerprint density at radius 1 is 1.00 bits per heavy atom. The van der Waals surface area contributed by atoms with Gasteiger partial charge in [0.2, 0.25) is 5.91 Å². The number of rotatable bonds is 21. The van der Waals surface area contributed by atoms with Gasteiger partial charge in [0.25, 0.3) is 0 Å². The van der Waals surface area contributed by atoms with E-state index in [0.29, 0.717) is 11.0 Å². The topological polar surface area (TPSA) is 95.9 Å². The van der Waals surface area contributed by atoms with Crippen LogP contribution in [0.5, 0.6) is 0 Å². The Kier molecular flexibility index (Phi) is 18.2. The highest BCUT2D eigenvalue weighted by Gasteiger charge is 2.27. The number of unbranched alkanes of at least 4 members (excludes halogenated alkanes) is 11. The average molecular weight is 492 g/mol. The van der Waals surface area contributed by atoms with E-state index in [2.05, 4.69) is 12.2 Å². The summed E-state index contributed by atoms with van der Waals surface area (Å²) in [6, 6.07) is -0.763. The van der Waals surface area contributed by atoms with Crippen molar-refractivity contribution < 1.29 is 28.4 Å². The zero-order valence-electron chi connectivity index (χ0n) is 21.9. The molecule has 0 radical (unpaired) electrons. The molecule has 0 aromatic rings. The van der Waals surface area contributed by atoms with E-state index < -0.39 is 19.7 Å². The first-order chi connectivity index (χ1) is 15.5. The van der Waals surface area contributed by atoms with Crippen molar-refractivity contribution >= 4 is 13.5 Å². The van der Waals surface area contributed by atoms with Gasteiger partial charge in [-0.05, 0) is 12.8 Å². The molecule has 7 nitrogen and oxygen atoms in total. The highest BCUT2D eigenvalue weighted by atomic mass is 31.2. The van der Waals surface area contributed by atoms with Crippen LogP contribution in [0.2, 0.25) is 0 Å². The lowest BCUT2D eigenvalue weighted by atomic mass is 10.0. The van der Waals surface area contributed by atoms with E-state index in [1.54, 1.807) is 6.08 Å². The Labute approximate surface area is 203 Å². The number of carbonyl (C=O) groups is 1. The smallest absolute Gasteiger partial charge is 0.333 e. The average Bonchev–Trinajstić information content (AvgIpc) is 2.72. The number of aliphatic hydroxyl groups is 1. The maximum Gasteiger partial charge on any atom is 0.333 e. The summed E-state index contributed by atoms with van der Waals surface area (Å²) >= 11 is 0. The molecule has 0 heterocycles. The number of aliphatic hydroxyl groups excluding tert-OH is 1. The third-order valence-corrected chi connectivity index (χ3v) is 6.94. The van der Waals surface area contributed by atoms with Gasteiger partial charge >= 0.3 is 7.60 Å². The first-order valence-electron chi connectivity index (χ1n) is 12.9. The number of hydrogen-bond acceptors (Lipinski definition) is 4. The predicted octanol–water partition coefficient (Wildman–Crippen LogP) is 5.02. The fourth-order valence-electron chi connectivity index (χ4n) is 3.47. The molecule has 1 unspecified atom stereocenters. The van der Waals surface area contributed by atoms with E-state index in [4.69, 9.17) is 4.52 Å². The SMILES string of the molecule is CCCCCCCCCCCCC/C=C/[C@@H](O)[C@H](COP(=O)(O)CC[N+](C)(C)C)NC(C)=O. The van der Waals surface area contributed by atoms with Crippen molar-refractivity contribution in [2.24, 2.45) is 0 Å². The number of carbonyl (C=O) groups excluding carboxylic acids is 1. The van der Waals surface area contributed by atoms with E-state index >= 15 is 0 Å². The third kappa shape index (κ3) is 21.5. The lowest BCUT2D eigenvalue weighted by molar-refractivity contribution is -0.867. The molecule has 33 heavy (non-hydrogen) atoms. The fourth-order valence-corrected chi connectivity index (χ4v) is 4.85. The van der Waals surface area contributed by atoms with Crippen LogP contribution in [0, 0.1) is 0 Å². The third-order valence-electron chi connectivity index (χ3n) is 5.62. The summed E-state index contributed by atoms with van der Waals surface area (Å²) < 4.78 is 18.0. The van der Waals surface area contributed by atoms with Crippen LogP contribution >= 0.6 is 7.60 Å². The van der Waals surface area contributed by atoms with Gasteiger partial charge in [0.05, 0.1) is 52.6 Å². The molecule has 196 valence electrons. The molecular weight excluding hydrogens is 439 g/mol. The molecule has 3 N–H and O–H groups in total. The van der Waals surface area contributed by atoms with E-state index in [0.717, 1.165) is 12.8 Å². The number of hydrogen-bond donors (Lipinski definition) is 3. The van der Waals surface area contributed by atoms with Gasteiger partial charge in [-0.25, -0.2) is 0 Å². The summed E-state index contributed by atoms with van der Waals surface area (Å²) in [5.41, 5.74) is 0. The first kappa shape index (κ1) is 32.3. The highest BCUT2D eigenvalue weighted by Crippen LogP contribution is 2.41. The molecule has 0 rings (SSSR count). The molecule has 0 saturated heterocycles. The van der Waals surface area contributed by atoms with E-state index in [9.17, 15) is 19.4 Å². The van der Waals surface area contributed by atoms with Crippen molar-refractivity contribution in [3.05, 3.63) is 12.2 Å². The van der Waals surface area contributed by atoms with Gasteiger partial charge in [0.1, 0.15) is 0 Å². The zero-order valence-corrected chi connectivity index (χ0v) is 22.8. The molecule has 0 aromatic carbocycles. The standard InChI is InChI=1S/C25H51N2O5P/c1-6-7-8-9-10-11-12-13-14-15-16-17-18-19-25(29)24(26-23(2)28)22-32-33(30,31)21-20-27(3,4)5/h18-19,24-25,29H,6-17,20-22H2,1-5H3,(H-,26,28,30,31)/p+1/b19-18+/t24-,25+/m0/s1. The lowest BCUT2D eigenvalue weighted by Gasteiger charge is -2.26. The molecule has 0 aliphatic rings. The van der Waals surface area contributed by atoms with Gasteiger partial charge in [-0.1, -0.05) is 83.3 Å². The Morgan fingerprint density at radius 3 is 2.00 bits per heavy atom. The van der Waals surface area contributed by atoms with Crippen molar-refractivity contribution in [3.8, 4) is 0 Å². The normalized spacial score (nSPS) is 16.0. The molecule has 0 aromatic heterocycles. The van der Waals surface area contributed by atoms with E-state index in [-0.39, 0.29) is 18.7 Å². The molecule has 0 aliphatic heterocycles. The second-order valence-electron chi connectivity index (χ2n) is 10.2. The maximum atomic E-state index is 12.3. The Hall–Kier alpha value is -0.720. The van der Waals surface area contributed by atoms with Gasteiger partial charge in [-0.2, -0.15) is 0 Å². The van der Waals surface area contributed by atoms with Gasteiger partial charge in [-0.15, -0.1) is 0 Å². The highest BCUT2D eigenvalue weighted by molar-refractivity contribution is 7.52. The predicted molar refractivity (Wildman–Crippen MR) is 137 cm³/mol. The summed E-state index contributed by atoms with van der Waals surface area (Å²) in [7, 11) is 2.02. The van der Waals surface area contributed by atoms with Crippen molar-refractivity contribution in [1.82, 2.24) is 5.32 Å². The second-order valence-corrected chi connectivity index (χ2v) is 12.2. The van der Waals surface area contributed by atoms with Crippen LogP contribution in [0.1, 0.15) is 90.9 Å². The number of nitrogens with one attached hydrogen (secondary N) is 1. The Balaban J connectivity index is 4.16. The van der Waals surface area contributed by atoms with Crippen LogP contribution in [-0.4, -0.2) is 73.0 Å². The van der Waals surface area contributed by atoms with Crippen molar-refractivity contribution in [3.63, 3.8) is 0 Å². The van der Waals surface area contributed by atoms with Crippen molar-refractivity contribution in [2.75, 3.05) is 40.5 Å². The minimum Gasteiger partial charge on any atom is -0.387 e. The van der Waals surface area contributed by atoms with Gasteiger partial charge in [0.15, 0.2) is 0 Å². The molecule has 0 saturated carbocycles. The van der Waals surface area contributed by atoms with Crippen molar-refractivity contribution in [1.29, 1.82) is 0 Å². The second kappa shape index (κ2) is 18.6. The minimum absolute atomic E-state index is 0.0219. The molecule has 0 aliphatic carbocycles. The fraction of sp³-hybridized carbons (Fsp3) is 0.880. The summed E-state index contributed by atoms with van der Waals surface area (Å²) in [6.07, 6.45) is 17.7. The van der Waals surface area contributed by atoms with Crippen LogP contribution in [0.3, 0.4) is 0 Å². The maximum absolute atomic E-state index is 12.3. The summed E-state index contributed by atoms with van der Waals surface area (Å²) in [6.45, 7) is 3.87. The Morgan fingerprint density at radius 2 is 1.52 bits per heavy atom. The number of nitrogens with zero attached hydrogens (tertiary/aromatic N) is 1. The summed E-state index contributed by atoms with van der Waals surface area (Å²) in [4.78, 5) is 21.5. The monoisotopic (exact) mass is 491 g/mol. The zero-order chi connectivity index (χ0) is 25.2. The van der Waals surface area contributed by atoms with Gasteiger partial charge in [0, 0.05) is 6.92 Å². The van der Waals surface area contributed by atoms with Crippen molar-refractivity contribution in [2.45, 2.75) is 103 Å². The summed E-state index contributed by atoms with van der Waals surface area (Å²) in [5, 5.41) is 13.1. The molecule has 0 spiro atoms. The molecule has 8 heteroatoms. The lowest BCUT2D eigenvalue weighted by Crippen LogP contribution is -2.44. The van der Waals surface area contributed by atoms with Gasteiger partial charge < -0.3 is 24.3 Å². The van der Waals surface area contributed by atoms with Crippen LogP contribution in [-0.2, 0) is 13.9 Å². The van der Waals surface area contributed by atoms with Crippen LogP contribution in [0.4, 0.5) is 0 Å². The van der Waals surface area contributed by atoms with Crippen LogP contribution < -0.4 is 5.32 Å². The van der Waals surface area contributed by atoms with Crippen LogP contribution in [0.25, 0.3) is 0 Å². The first-order valence-corrected chi connectivity index (χ1v) is 14.6. The van der Waals surface area contributed by atoms with Gasteiger partial charge in [-0.3, -0.25) is 9.36 Å².